The predicted octanol–water partition coefficient (Wildman–Crippen LogP) is 3.06. The molecule has 0 saturated carbocycles. The molecule has 1 saturated heterocycles. The van der Waals surface area contributed by atoms with E-state index in [-0.39, 0.29) is 10.8 Å². The second kappa shape index (κ2) is 5.69. The molecule has 0 aliphatic carbocycles. The maximum Gasteiger partial charge on any atom is 0.141 e. The maximum absolute atomic E-state index is 13.1. The fourth-order valence-corrected chi connectivity index (χ4v) is 2.41. The average molecular weight is 257 g/mol. The summed E-state index contributed by atoms with van der Waals surface area (Å²) in [6.07, 6.45) is 3.76. The highest BCUT2D eigenvalue weighted by Gasteiger charge is 2.15. The third-order valence-electron chi connectivity index (χ3n) is 3.25. The van der Waals surface area contributed by atoms with E-state index in [0.29, 0.717) is 6.04 Å². The highest BCUT2D eigenvalue weighted by molar-refractivity contribution is 6.31. The van der Waals surface area contributed by atoms with Crippen LogP contribution in [-0.4, -0.2) is 26.2 Å². The number of piperidine rings is 1. The smallest absolute Gasteiger partial charge is 0.141 e. The van der Waals surface area contributed by atoms with E-state index in [1.807, 2.05) is 7.05 Å². The minimum absolute atomic E-state index is 0.186. The van der Waals surface area contributed by atoms with E-state index in [0.717, 1.165) is 18.8 Å². The van der Waals surface area contributed by atoms with Gasteiger partial charge in [0, 0.05) is 25.3 Å². The van der Waals surface area contributed by atoms with Crippen LogP contribution in [-0.2, 0) is 0 Å². The van der Waals surface area contributed by atoms with Gasteiger partial charge in [-0.05, 0) is 37.6 Å². The van der Waals surface area contributed by atoms with Crippen LogP contribution in [0.25, 0.3) is 0 Å². The normalized spacial score (nSPS) is 20.3. The summed E-state index contributed by atoms with van der Waals surface area (Å²) < 4.78 is 13.1. The Labute approximate surface area is 107 Å². The third kappa shape index (κ3) is 3.33. The second-order valence-corrected chi connectivity index (χ2v) is 5.03. The number of rotatable bonds is 3. The number of nitrogens with one attached hydrogen (secondary N) is 1. The Morgan fingerprint density at radius 2 is 2.29 bits per heavy atom. The molecular weight excluding hydrogens is 239 g/mol. The lowest BCUT2D eigenvalue weighted by Gasteiger charge is -2.29. The van der Waals surface area contributed by atoms with E-state index in [9.17, 15) is 4.39 Å². The molecule has 1 aliphatic heterocycles. The maximum atomic E-state index is 13.1. The molecule has 2 nitrogen and oxygen atoms in total. The number of benzene rings is 1. The average Bonchev–Trinajstić information content (AvgIpc) is 2.34. The van der Waals surface area contributed by atoms with Crippen molar-refractivity contribution in [2.45, 2.75) is 25.3 Å². The summed E-state index contributed by atoms with van der Waals surface area (Å²) in [4.78, 5) is 2.12. The van der Waals surface area contributed by atoms with Crippen LogP contribution in [0.3, 0.4) is 0 Å². The lowest BCUT2D eigenvalue weighted by molar-refractivity contribution is 0.403. The summed E-state index contributed by atoms with van der Waals surface area (Å²) in [7, 11) is 2.01. The van der Waals surface area contributed by atoms with Crippen LogP contribution in [0.15, 0.2) is 18.2 Å². The highest BCUT2D eigenvalue weighted by atomic mass is 35.5. The van der Waals surface area contributed by atoms with Gasteiger partial charge in [0.15, 0.2) is 0 Å². The van der Waals surface area contributed by atoms with Crippen LogP contribution in [0.1, 0.15) is 19.3 Å². The lowest BCUT2D eigenvalue weighted by atomic mass is 10.0. The SMILES string of the molecule is CN(CC1CCCCN1)c1ccc(F)c(Cl)c1. The molecule has 0 amide bonds. The first kappa shape index (κ1) is 12.7. The van der Waals surface area contributed by atoms with E-state index >= 15 is 0 Å². The van der Waals surface area contributed by atoms with Gasteiger partial charge in [-0.1, -0.05) is 18.0 Å². The van der Waals surface area contributed by atoms with Gasteiger partial charge in [-0.3, -0.25) is 0 Å². The molecule has 1 N–H and O–H groups in total. The van der Waals surface area contributed by atoms with Gasteiger partial charge in [0.1, 0.15) is 5.82 Å². The van der Waals surface area contributed by atoms with Gasteiger partial charge < -0.3 is 10.2 Å². The van der Waals surface area contributed by atoms with E-state index in [1.165, 1.54) is 25.3 Å². The molecule has 1 unspecified atom stereocenters. The summed E-state index contributed by atoms with van der Waals surface area (Å²) >= 11 is 5.78. The van der Waals surface area contributed by atoms with Crippen LogP contribution >= 0.6 is 11.6 Å². The number of halogens is 2. The number of hydrogen-bond acceptors (Lipinski definition) is 2. The van der Waals surface area contributed by atoms with Gasteiger partial charge in [-0.2, -0.15) is 0 Å². The van der Waals surface area contributed by atoms with E-state index in [4.69, 9.17) is 11.6 Å². The molecule has 0 radical (unpaired) electrons. The standard InChI is InChI=1S/C13H18ClFN2/c1-17(9-10-4-2-3-7-16-10)11-5-6-13(15)12(14)8-11/h5-6,8,10,16H,2-4,7,9H2,1H3. The van der Waals surface area contributed by atoms with Crippen molar-refractivity contribution in [3.63, 3.8) is 0 Å². The Kier molecular flexibility index (Phi) is 4.24. The number of nitrogens with zero attached hydrogens (tertiary/aromatic N) is 1. The summed E-state index contributed by atoms with van der Waals surface area (Å²) in [5.74, 6) is -0.361. The summed E-state index contributed by atoms with van der Waals surface area (Å²) in [5.41, 5.74) is 0.962. The van der Waals surface area contributed by atoms with Crippen molar-refractivity contribution in [1.82, 2.24) is 5.32 Å². The Hall–Kier alpha value is -0.800. The molecule has 0 aromatic heterocycles. The van der Waals surface area contributed by atoms with Crippen LogP contribution in [0.4, 0.5) is 10.1 Å². The molecule has 94 valence electrons. The largest absolute Gasteiger partial charge is 0.373 e. The number of hydrogen-bond donors (Lipinski definition) is 1. The Morgan fingerprint density at radius 1 is 1.47 bits per heavy atom. The minimum atomic E-state index is -0.361. The molecule has 1 aromatic rings. The molecule has 1 heterocycles. The first-order valence-electron chi connectivity index (χ1n) is 6.06. The zero-order valence-corrected chi connectivity index (χ0v) is 10.8. The van der Waals surface area contributed by atoms with E-state index in [2.05, 4.69) is 10.2 Å². The molecule has 1 aromatic carbocycles. The van der Waals surface area contributed by atoms with Crippen molar-refractivity contribution in [3.8, 4) is 0 Å². The first-order chi connectivity index (χ1) is 8.16. The molecule has 0 spiro atoms. The van der Waals surface area contributed by atoms with Crippen molar-refractivity contribution in [1.29, 1.82) is 0 Å². The zero-order valence-electron chi connectivity index (χ0n) is 10.0. The third-order valence-corrected chi connectivity index (χ3v) is 3.54. The van der Waals surface area contributed by atoms with Gasteiger partial charge in [0.2, 0.25) is 0 Å². The van der Waals surface area contributed by atoms with Gasteiger partial charge in [-0.15, -0.1) is 0 Å². The Balaban J connectivity index is 1.98. The van der Waals surface area contributed by atoms with Gasteiger partial charge in [0.25, 0.3) is 0 Å². The van der Waals surface area contributed by atoms with Crippen molar-refractivity contribution >= 4 is 17.3 Å². The van der Waals surface area contributed by atoms with Crippen molar-refractivity contribution in [2.24, 2.45) is 0 Å². The van der Waals surface area contributed by atoms with Crippen LogP contribution in [0.2, 0.25) is 5.02 Å². The highest BCUT2D eigenvalue weighted by Crippen LogP contribution is 2.22. The summed E-state index contributed by atoms with van der Waals surface area (Å²) in [6.45, 7) is 2.03. The number of anilines is 1. The monoisotopic (exact) mass is 256 g/mol. The second-order valence-electron chi connectivity index (χ2n) is 4.63. The van der Waals surface area contributed by atoms with Crippen molar-refractivity contribution in [2.75, 3.05) is 25.0 Å². The van der Waals surface area contributed by atoms with Gasteiger partial charge in [-0.25, -0.2) is 4.39 Å². The molecule has 1 atom stereocenters. The summed E-state index contributed by atoms with van der Waals surface area (Å²) in [6, 6.07) is 5.39. The molecule has 1 fully saturated rings. The Morgan fingerprint density at radius 3 is 2.94 bits per heavy atom. The molecule has 1 aliphatic rings. The summed E-state index contributed by atoms with van der Waals surface area (Å²) in [5, 5.41) is 3.68. The molecule has 0 bridgehead atoms. The van der Waals surface area contributed by atoms with E-state index < -0.39 is 0 Å². The minimum Gasteiger partial charge on any atom is -0.373 e. The number of likely N-dealkylation sites (N-methyl/N-ethyl adjacent to an activating group) is 1. The molecule has 17 heavy (non-hydrogen) atoms. The quantitative estimate of drug-likeness (QED) is 0.894. The fourth-order valence-electron chi connectivity index (χ4n) is 2.24. The van der Waals surface area contributed by atoms with Crippen molar-refractivity contribution < 1.29 is 4.39 Å². The fraction of sp³-hybridized carbons (Fsp3) is 0.538. The lowest BCUT2D eigenvalue weighted by Crippen LogP contribution is -2.42. The first-order valence-corrected chi connectivity index (χ1v) is 6.44. The van der Waals surface area contributed by atoms with E-state index in [1.54, 1.807) is 12.1 Å². The Bertz CT molecular complexity index is 378. The molecule has 2 rings (SSSR count). The molecular formula is C13H18ClFN2. The van der Waals surface area contributed by atoms with Crippen LogP contribution in [0.5, 0.6) is 0 Å². The van der Waals surface area contributed by atoms with Crippen LogP contribution < -0.4 is 10.2 Å². The van der Waals surface area contributed by atoms with Gasteiger partial charge >= 0.3 is 0 Å². The van der Waals surface area contributed by atoms with Gasteiger partial charge in [0.05, 0.1) is 5.02 Å². The van der Waals surface area contributed by atoms with Crippen molar-refractivity contribution in [3.05, 3.63) is 29.0 Å². The predicted molar refractivity (Wildman–Crippen MR) is 70.3 cm³/mol. The zero-order chi connectivity index (χ0) is 12.3. The van der Waals surface area contributed by atoms with Crippen LogP contribution in [0, 0.1) is 5.82 Å². The molecule has 4 heteroatoms. The topological polar surface area (TPSA) is 15.3 Å².